The van der Waals surface area contributed by atoms with Crippen LogP contribution in [0.2, 0.25) is 0 Å². The molecule has 0 spiro atoms. The lowest BCUT2D eigenvalue weighted by Gasteiger charge is -2.25. The van der Waals surface area contributed by atoms with Crippen LogP contribution in [-0.4, -0.2) is 50.5 Å². The van der Waals surface area contributed by atoms with Crippen LogP contribution >= 0.6 is 15.9 Å². The van der Waals surface area contributed by atoms with Crippen LogP contribution in [0.5, 0.6) is 11.5 Å². The third-order valence-electron chi connectivity index (χ3n) is 5.98. The Hall–Kier alpha value is -2.42. The van der Waals surface area contributed by atoms with Crippen molar-refractivity contribution < 1.29 is 23.4 Å². The quantitative estimate of drug-likeness (QED) is 0.577. The Bertz CT molecular complexity index is 1190. The maximum absolute atomic E-state index is 13.9. The molecule has 1 aromatic heterocycles. The van der Waals surface area contributed by atoms with E-state index in [4.69, 9.17) is 13.9 Å². The highest BCUT2D eigenvalue weighted by Crippen LogP contribution is 2.45. The molecule has 0 aliphatic carbocycles. The number of ether oxygens (including phenoxy) is 2. The number of likely N-dealkylation sites (N-methyl/N-ethyl adjacent to an activating group) is 1. The molecule has 4 rings (SSSR count). The summed E-state index contributed by atoms with van der Waals surface area (Å²) in [4.78, 5) is 15.3. The topological polar surface area (TPSA) is 72.1 Å². The van der Waals surface area contributed by atoms with E-state index in [0.717, 1.165) is 13.0 Å². The fourth-order valence-electron chi connectivity index (χ4n) is 4.41. The van der Waals surface area contributed by atoms with Gasteiger partial charge in [0.2, 0.25) is 0 Å². The number of rotatable bonds is 5. The molecule has 8 heteroatoms. The van der Waals surface area contributed by atoms with E-state index in [9.17, 15) is 14.3 Å². The fourth-order valence-corrected chi connectivity index (χ4v) is 4.85. The Morgan fingerprint density at radius 3 is 2.65 bits per heavy atom. The largest absolute Gasteiger partial charge is 0.496 e. The van der Waals surface area contributed by atoms with Crippen LogP contribution in [0.15, 0.2) is 44.0 Å². The van der Waals surface area contributed by atoms with E-state index in [-0.39, 0.29) is 29.8 Å². The van der Waals surface area contributed by atoms with Gasteiger partial charge >= 0.3 is 0 Å². The minimum atomic E-state index is -0.442. The molecule has 6 nitrogen and oxygen atoms in total. The van der Waals surface area contributed by atoms with Crippen molar-refractivity contribution in [2.24, 2.45) is 0 Å². The monoisotopic (exact) mass is 491 g/mol. The first kappa shape index (κ1) is 21.8. The second-order valence-corrected chi connectivity index (χ2v) is 8.48. The summed E-state index contributed by atoms with van der Waals surface area (Å²) in [5.41, 5.74) is 1.15. The van der Waals surface area contributed by atoms with Gasteiger partial charge < -0.3 is 23.9 Å². The highest BCUT2D eigenvalue weighted by molar-refractivity contribution is 9.10. The van der Waals surface area contributed by atoms with E-state index in [2.05, 4.69) is 20.8 Å². The van der Waals surface area contributed by atoms with Crippen LogP contribution in [-0.2, 0) is 0 Å². The second kappa shape index (κ2) is 8.61. The lowest BCUT2D eigenvalue weighted by molar-refractivity contribution is 0.171. The zero-order valence-corrected chi connectivity index (χ0v) is 19.0. The molecular formula is C23H23BrFNO5. The standard InChI is InChI=1S/C23H23BrFNO5/c1-26-7-6-13(16(26)11-27)21-19(29-2)10-20(30-3)22-17(28)9-18(31-23(21)22)14-8-12(25)4-5-15(14)24/h4-5,8-10,13,16,27H,6-7,11H2,1-3H3/t13?,16-/m1/s1. The third kappa shape index (κ3) is 3.73. The molecule has 31 heavy (non-hydrogen) atoms. The molecule has 0 bridgehead atoms. The number of methoxy groups -OCH3 is 2. The molecular weight excluding hydrogens is 469 g/mol. The summed E-state index contributed by atoms with van der Waals surface area (Å²) in [5, 5.41) is 10.3. The van der Waals surface area contributed by atoms with Gasteiger partial charge in [0.15, 0.2) is 5.43 Å². The average molecular weight is 492 g/mol. The average Bonchev–Trinajstić information content (AvgIpc) is 3.13. The second-order valence-electron chi connectivity index (χ2n) is 7.62. The van der Waals surface area contributed by atoms with Crippen LogP contribution in [0.1, 0.15) is 17.9 Å². The molecule has 3 aromatic rings. The van der Waals surface area contributed by atoms with Crippen molar-refractivity contribution >= 4 is 26.9 Å². The lowest BCUT2D eigenvalue weighted by atomic mass is 9.89. The maximum Gasteiger partial charge on any atom is 0.197 e. The van der Waals surface area contributed by atoms with Crippen molar-refractivity contribution in [1.29, 1.82) is 0 Å². The van der Waals surface area contributed by atoms with Gasteiger partial charge in [-0.15, -0.1) is 0 Å². The van der Waals surface area contributed by atoms with Gasteiger partial charge in [-0.3, -0.25) is 4.79 Å². The van der Waals surface area contributed by atoms with E-state index in [1.54, 1.807) is 19.2 Å². The first-order chi connectivity index (χ1) is 14.9. The van der Waals surface area contributed by atoms with Crippen LogP contribution < -0.4 is 14.9 Å². The van der Waals surface area contributed by atoms with Gasteiger partial charge in [-0.25, -0.2) is 4.39 Å². The Morgan fingerprint density at radius 1 is 1.23 bits per heavy atom. The predicted octanol–water partition coefficient (Wildman–Crippen LogP) is 4.16. The normalized spacial score (nSPS) is 19.2. The molecule has 1 fully saturated rings. The van der Waals surface area contributed by atoms with Gasteiger partial charge in [-0.05, 0) is 38.2 Å². The van der Waals surface area contributed by atoms with E-state index in [0.29, 0.717) is 38.1 Å². The fraction of sp³-hybridized carbons (Fsp3) is 0.348. The summed E-state index contributed by atoms with van der Waals surface area (Å²) in [7, 11) is 4.97. The first-order valence-corrected chi connectivity index (χ1v) is 10.7. The highest BCUT2D eigenvalue weighted by atomic mass is 79.9. The molecule has 164 valence electrons. The molecule has 1 saturated heterocycles. The first-order valence-electron chi connectivity index (χ1n) is 9.88. The number of aliphatic hydroxyl groups excluding tert-OH is 1. The zero-order chi connectivity index (χ0) is 22.3. The van der Waals surface area contributed by atoms with Crippen LogP contribution in [0, 0.1) is 5.82 Å². The van der Waals surface area contributed by atoms with Gasteiger partial charge in [-0.2, -0.15) is 0 Å². The van der Waals surface area contributed by atoms with Crippen molar-refractivity contribution in [2.45, 2.75) is 18.4 Å². The minimum absolute atomic E-state index is 0.0444. The van der Waals surface area contributed by atoms with E-state index < -0.39 is 5.82 Å². The Morgan fingerprint density at radius 2 is 1.97 bits per heavy atom. The van der Waals surface area contributed by atoms with E-state index >= 15 is 0 Å². The Kier molecular flexibility index (Phi) is 6.05. The van der Waals surface area contributed by atoms with Gasteiger partial charge in [0.25, 0.3) is 0 Å². The lowest BCUT2D eigenvalue weighted by Crippen LogP contribution is -2.32. The van der Waals surface area contributed by atoms with Crippen molar-refractivity contribution in [3.8, 4) is 22.8 Å². The molecule has 2 aromatic carbocycles. The highest BCUT2D eigenvalue weighted by Gasteiger charge is 2.37. The van der Waals surface area contributed by atoms with Crippen LogP contribution in [0.3, 0.4) is 0 Å². The van der Waals surface area contributed by atoms with Crippen molar-refractivity contribution in [3.05, 3.63) is 56.4 Å². The van der Waals surface area contributed by atoms with Crippen molar-refractivity contribution in [1.82, 2.24) is 4.90 Å². The summed E-state index contributed by atoms with van der Waals surface area (Å²) in [6.07, 6.45) is 0.761. The SMILES string of the molecule is COc1cc(OC)c2c(=O)cc(-c3cc(F)ccc3Br)oc2c1C1CCN(C)[C@@H]1CO. The van der Waals surface area contributed by atoms with Crippen molar-refractivity contribution in [2.75, 3.05) is 34.4 Å². The van der Waals surface area contributed by atoms with Gasteiger partial charge in [0.05, 0.1) is 20.8 Å². The zero-order valence-electron chi connectivity index (χ0n) is 17.4. The number of aliphatic hydroxyl groups is 1. The number of hydrogen-bond acceptors (Lipinski definition) is 6. The van der Waals surface area contributed by atoms with Crippen molar-refractivity contribution in [3.63, 3.8) is 0 Å². The molecule has 1 aliphatic rings. The number of hydrogen-bond donors (Lipinski definition) is 1. The summed E-state index contributed by atoms with van der Waals surface area (Å²) in [5.74, 6) is 0.519. The minimum Gasteiger partial charge on any atom is -0.496 e. The van der Waals surface area contributed by atoms with Gasteiger partial charge in [-0.1, -0.05) is 15.9 Å². The summed E-state index contributed by atoms with van der Waals surface area (Å²) in [6, 6.07) is 7.07. The molecule has 1 aliphatic heterocycles. The predicted molar refractivity (Wildman–Crippen MR) is 120 cm³/mol. The smallest absolute Gasteiger partial charge is 0.197 e. The van der Waals surface area contributed by atoms with Gasteiger partial charge in [0, 0.05) is 39.7 Å². The number of benzene rings is 2. The molecule has 2 heterocycles. The van der Waals surface area contributed by atoms with Crippen LogP contribution in [0.4, 0.5) is 4.39 Å². The summed E-state index contributed by atoms with van der Waals surface area (Å²) in [6.45, 7) is 0.739. The summed E-state index contributed by atoms with van der Waals surface area (Å²) >= 11 is 3.41. The number of halogens is 2. The molecule has 2 atom stereocenters. The van der Waals surface area contributed by atoms with E-state index in [1.165, 1.54) is 25.3 Å². The van der Waals surface area contributed by atoms with Gasteiger partial charge in [0.1, 0.15) is 34.0 Å². The summed E-state index contributed by atoms with van der Waals surface area (Å²) < 4.78 is 31.9. The molecule has 0 amide bonds. The molecule has 1 unspecified atom stereocenters. The number of nitrogens with zero attached hydrogens (tertiary/aromatic N) is 1. The maximum atomic E-state index is 13.9. The van der Waals surface area contributed by atoms with E-state index in [1.807, 2.05) is 7.05 Å². The number of likely N-dealkylation sites (tertiary alicyclic amines) is 1. The third-order valence-corrected chi connectivity index (χ3v) is 6.67. The Balaban J connectivity index is 2.07. The number of fused-ring (bicyclic) bond motifs is 1. The molecule has 0 radical (unpaired) electrons. The molecule has 0 saturated carbocycles. The Labute approximate surface area is 187 Å². The molecule has 1 N–H and O–H groups in total. The van der Waals surface area contributed by atoms with Crippen LogP contribution in [0.25, 0.3) is 22.3 Å².